The van der Waals surface area contributed by atoms with E-state index in [4.69, 9.17) is 10.5 Å². The van der Waals surface area contributed by atoms with Crippen LogP contribution >= 0.6 is 0 Å². The Kier molecular flexibility index (Phi) is 6.76. The summed E-state index contributed by atoms with van der Waals surface area (Å²) in [6.45, 7) is 5.18. The molecule has 0 radical (unpaired) electrons. The number of unbranched alkanes of at least 4 members (excludes halogenated alkanes) is 1. The molecule has 2 N–H and O–H groups in total. The van der Waals surface area contributed by atoms with Crippen molar-refractivity contribution in [3.05, 3.63) is 11.9 Å². The summed E-state index contributed by atoms with van der Waals surface area (Å²) >= 11 is 0. The third-order valence-electron chi connectivity index (χ3n) is 2.33. The molecule has 92 valence electrons. The van der Waals surface area contributed by atoms with Crippen LogP contribution in [0.5, 0.6) is 0 Å². The Hall–Kier alpha value is -0.940. The van der Waals surface area contributed by atoms with E-state index in [9.17, 15) is 0 Å². The second-order valence-corrected chi connectivity index (χ2v) is 3.83. The van der Waals surface area contributed by atoms with Gasteiger partial charge in [0.1, 0.15) is 0 Å². The predicted molar refractivity (Wildman–Crippen MR) is 63.1 cm³/mol. The summed E-state index contributed by atoms with van der Waals surface area (Å²) in [7, 11) is 0. The molecule has 0 aliphatic heterocycles. The summed E-state index contributed by atoms with van der Waals surface area (Å²) in [4.78, 5) is 0. The number of hydrogen-bond acceptors (Lipinski definition) is 4. The highest BCUT2D eigenvalue weighted by Crippen LogP contribution is 1.97. The first-order chi connectivity index (χ1) is 7.86. The van der Waals surface area contributed by atoms with E-state index in [0.29, 0.717) is 13.2 Å². The van der Waals surface area contributed by atoms with Crippen molar-refractivity contribution in [3.63, 3.8) is 0 Å². The summed E-state index contributed by atoms with van der Waals surface area (Å²) in [6, 6.07) is 0. The number of hydrogen-bond donors (Lipinski definition) is 1. The minimum atomic E-state index is 0.701. The minimum Gasteiger partial charge on any atom is -0.380 e. The van der Waals surface area contributed by atoms with Crippen molar-refractivity contribution >= 4 is 0 Å². The van der Waals surface area contributed by atoms with Crippen LogP contribution in [0.15, 0.2) is 6.20 Å². The van der Waals surface area contributed by atoms with Crippen LogP contribution < -0.4 is 5.73 Å². The maximum atomic E-state index is 5.46. The van der Waals surface area contributed by atoms with E-state index in [1.807, 2.05) is 10.9 Å². The SMILES string of the molecule is CCCCOCCn1cc(CCCN)nn1. The number of rotatable bonds is 9. The van der Waals surface area contributed by atoms with Crippen molar-refractivity contribution in [2.75, 3.05) is 19.8 Å². The van der Waals surface area contributed by atoms with Gasteiger partial charge >= 0.3 is 0 Å². The lowest BCUT2D eigenvalue weighted by Gasteiger charge is -2.02. The maximum Gasteiger partial charge on any atom is 0.0827 e. The smallest absolute Gasteiger partial charge is 0.0827 e. The lowest BCUT2D eigenvalue weighted by Crippen LogP contribution is -2.07. The Morgan fingerprint density at radius 3 is 3.00 bits per heavy atom. The molecule has 0 atom stereocenters. The summed E-state index contributed by atoms with van der Waals surface area (Å²) in [5.41, 5.74) is 6.45. The van der Waals surface area contributed by atoms with E-state index >= 15 is 0 Å². The second kappa shape index (κ2) is 8.24. The number of nitrogens with zero attached hydrogens (tertiary/aromatic N) is 3. The molecule has 0 spiro atoms. The number of nitrogens with two attached hydrogens (primary N) is 1. The highest BCUT2D eigenvalue weighted by molar-refractivity contribution is 4.92. The van der Waals surface area contributed by atoms with Gasteiger partial charge in [-0.2, -0.15) is 0 Å². The van der Waals surface area contributed by atoms with Gasteiger partial charge in [0.25, 0.3) is 0 Å². The van der Waals surface area contributed by atoms with E-state index in [1.165, 1.54) is 6.42 Å². The lowest BCUT2D eigenvalue weighted by molar-refractivity contribution is 0.120. The highest BCUT2D eigenvalue weighted by Gasteiger charge is 1.99. The van der Waals surface area contributed by atoms with Crippen molar-refractivity contribution in [1.29, 1.82) is 0 Å². The zero-order valence-electron chi connectivity index (χ0n) is 10.1. The molecular weight excluding hydrogens is 204 g/mol. The molecule has 0 saturated heterocycles. The van der Waals surface area contributed by atoms with Gasteiger partial charge < -0.3 is 10.5 Å². The molecule has 0 fully saturated rings. The third-order valence-corrected chi connectivity index (χ3v) is 2.33. The first-order valence-electron chi connectivity index (χ1n) is 6.03. The Bertz CT molecular complexity index is 275. The molecule has 1 aromatic heterocycles. The van der Waals surface area contributed by atoms with Crippen LogP contribution in [0.3, 0.4) is 0 Å². The molecule has 0 aliphatic rings. The maximum absolute atomic E-state index is 5.46. The Labute approximate surface area is 97.0 Å². The topological polar surface area (TPSA) is 66.0 Å². The van der Waals surface area contributed by atoms with Crippen molar-refractivity contribution < 1.29 is 4.74 Å². The quantitative estimate of drug-likeness (QED) is 0.638. The molecule has 16 heavy (non-hydrogen) atoms. The van der Waals surface area contributed by atoms with Crippen LogP contribution in [0, 0.1) is 0 Å². The lowest BCUT2D eigenvalue weighted by atomic mass is 10.2. The first kappa shape index (κ1) is 13.1. The van der Waals surface area contributed by atoms with Crippen molar-refractivity contribution in [2.45, 2.75) is 39.2 Å². The average molecular weight is 226 g/mol. The van der Waals surface area contributed by atoms with Crippen LogP contribution in [0.1, 0.15) is 31.9 Å². The highest BCUT2D eigenvalue weighted by atomic mass is 16.5. The van der Waals surface area contributed by atoms with Gasteiger partial charge in [-0.1, -0.05) is 18.6 Å². The summed E-state index contributed by atoms with van der Waals surface area (Å²) in [6.07, 6.45) is 6.14. The van der Waals surface area contributed by atoms with E-state index < -0.39 is 0 Å². The average Bonchev–Trinajstić information content (AvgIpc) is 2.74. The van der Waals surface area contributed by atoms with Crippen molar-refractivity contribution in [3.8, 4) is 0 Å². The second-order valence-electron chi connectivity index (χ2n) is 3.83. The van der Waals surface area contributed by atoms with Gasteiger partial charge in [0, 0.05) is 12.8 Å². The van der Waals surface area contributed by atoms with Gasteiger partial charge in [0.2, 0.25) is 0 Å². The summed E-state index contributed by atoms with van der Waals surface area (Å²) < 4.78 is 7.29. The zero-order valence-corrected chi connectivity index (χ0v) is 10.1. The van der Waals surface area contributed by atoms with Gasteiger partial charge in [-0.05, 0) is 25.8 Å². The van der Waals surface area contributed by atoms with E-state index in [1.54, 1.807) is 0 Å². The van der Waals surface area contributed by atoms with Gasteiger partial charge in [-0.15, -0.1) is 5.10 Å². The number of aromatic nitrogens is 3. The fraction of sp³-hybridized carbons (Fsp3) is 0.818. The molecule has 1 heterocycles. The van der Waals surface area contributed by atoms with E-state index in [2.05, 4.69) is 17.2 Å². The molecule has 0 saturated carbocycles. The monoisotopic (exact) mass is 226 g/mol. The Morgan fingerprint density at radius 1 is 1.38 bits per heavy atom. The predicted octanol–water partition coefficient (Wildman–Crippen LogP) is 0.986. The van der Waals surface area contributed by atoms with Gasteiger partial charge in [-0.3, -0.25) is 0 Å². The van der Waals surface area contributed by atoms with Crippen LogP contribution in [-0.2, 0) is 17.7 Å². The van der Waals surface area contributed by atoms with Crippen molar-refractivity contribution in [2.24, 2.45) is 5.73 Å². The van der Waals surface area contributed by atoms with Crippen LogP contribution in [0.2, 0.25) is 0 Å². The van der Waals surface area contributed by atoms with E-state index in [0.717, 1.165) is 38.1 Å². The molecule has 5 nitrogen and oxygen atoms in total. The molecule has 0 aliphatic carbocycles. The Balaban J connectivity index is 2.14. The molecular formula is C11H22N4O. The molecule has 0 bridgehead atoms. The number of aryl methyl sites for hydroxylation is 1. The summed E-state index contributed by atoms with van der Waals surface area (Å²) in [5, 5.41) is 8.10. The largest absolute Gasteiger partial charge is 0.380 e. The van der Waals surface area contributed by atoms with Crippen LogP contribution in [0.25, 0.3) is 0 Å². The van der Waals surface area contributed by atoms with Crippen molar-refractivity contribution in [1.82, 2.24) is 15.0 Å². The fourth-order valence-electron chi connectivity index (χ4n) is 1.35. The molecule has 0 unspecified atom stereocenters. The first-order valence-corrected chi connectivity index (χ1v) is 6.03. The standard InChI is InChI=1S/C11H22N4O/c1-2-3-8-16-9-7-15-10-11(13-14-15)5-4-6-12/h10H,2-9,12H2,1H3. The van der Waals surface area contributed by atoms with Crippen LogP contribution in [-0.4, -0.2) is 34.8 Å². The fourth-order valence-corrected chi connectivity index (χ4v) is 1.35. The molecule has 1 rings (SSSR count). The third kappa shape index (κ3) is 5.23. The molecule has 1 aromatic rings. The van der Waals surface area contributed by atoms with Gasteiger partial charge in [0.15, 0.2) is 0 Å². The normalized spacial score (nSPS) is 10.9. The zero-order chi connectivity index (χ0) is 11.6. The summed E-state index contributed by atoms with van der Waals surface area (Å²) in [5.74, 6) is 0. The Morgan fingerprint density at radius 2 is 2.25 bits per heavy atom. The molecule has 0 aromatic carbocycles. The van der Waals surface area contributed by atoms with E-state index in [-0.39, 0.29) is 0 Å². The van der Waals surface area contributed by atoms with Gasteiger partial charge in [0.05, 0.1) is 18.8 Å². The van der Waals surface area contributed by atoms with Crippen LogP contribution in [0.4, 0.5) is 0 Å². The molecule has 5 heteroatoms. The molecule has 0 amide bonds. The van der Waals surface area contributed by atoms with Gasteiger partial charge in [-0.25, -0.2) is 4.68 Å². The number of ether oxygens (including phenoxy) is 1. The minimum absolute atomic E-state index is 0.701.